The fraction of sp³-hybridized carbons (Fsp3) is 0.625. The van der Waals surface area contributed by atoms with Crippen LogP contribution < -0.4 is 5.32 Å². The first-order valence-corrected chi connectivity index (χ1v) is 7.16. The number of benzene rings is 1. The zero-order chi connectivity index (χ0) is 14.7. The molecule has 0 radical (unpaired) electrons. The molecule has 0 spiro atoms. The maximum absolute atomic E-state index is 13.1. The highest BCUT2D eigenvalue weighted by molar-refractivity contribution is 6.30. The molecule has 0 heterocycles. The van der Waals surface area contributed by atoms with Gasteiger partial charge in [0.1, 0.15) is 5.82 Å². The first-order chi connectivity index (χ1) is 8.59. The Bertz CT molecular complexity index is 421. The lowest BCUT2D eigenvalue weighted by Gasteiger charge is -2.28. The third kappa shape index (κ3) is 6.40. The summed E-state index contributed by atoms with van der Waals surface area (Å²) in [5.41, 5.74) is 1.40. The van der Waals surface area contributed by atoms with Crippen LogP contribution in [0.2, 0.25) is 5.02 Å². The molecule has 0 aliphatic heterocycles. The molecule has 1 rings (SSSR count). The van der Waals surface area contributed by atoms with E-state index in [1.807, 2.05) is 6.07 Å². The highest BCUT2D eigenvalue weighted by Gasteiger charge is 2.20. The smallest absolute Gasteiger partial charge is 0.141 e. The van der Waals surface area contributed by atoms with Crippen molar-refractivity contribution in [2.45, 2.75) is 53.0 Å². The third-order valence-corrected chi connectivity index (χ3v) is 3.41. The summed E-state index contributed by atoms with van der Waals surface area (Å²) in [4.78, 5) is 0. The van der Waals surface area contributed by atoms with Gasteiger partial charge in [0.2, 0.25) is 0 Å². The molecule has 0 aliphatic carbocycles. The molecule has 19 heavy (non-hydrogen) atoms. The van der Waals surface area contributed by atoms with Crippen LogP contribution in [-0.2, 0) is 6.42 Å². The summed E-state index contributed by atoms with van der Waals surface area (Å²) in [6, 6.07) is 5.00. The highest BCUT2D eigenvalue weighted by Crippen LogP contribution is 2.27. The van der Waals surface area contributed by atoms with Gasteiger partial charge in [-0.2, -0.15) is 0 Å². The number of rotatable bonds is 5. The zero-order valence-electron chi connectivity index (χ0n) is 12.6. The van der Waals surface area contributed by atoms with Crippen molar-refractivity contribution in [2.24, 2.45) is 5.41 Å². The molecule has 108 valence electrons. The van der Waals surface area contributed by atoms with E-state index < -0.39 is 0 Å². The predicted octanol–water partition coefficient (Wildman–Crippen LogP) is 4.83. The first kappa shape index (κ1) is 16.5. The lowest BCUT2D eigenvalue weighted by atomic mass is 9.82. The largest absolute Gasteiger partial charge is 0.312 e. The summed E-state index contributed by atoms with van der Waals surface area (Å²) >= 11 is 5.82. The third-order valence-electron chi connectivity index (χ3n) is 3.12. The van der Waals surface area contributed by atoms with Crippen LogP contribution in [0.3, 0.4) is 0 Å². The van der Waals surface area contributed by atoms with E-state index in [1.165, 1.54) is 6.07 Å². The topological polar surface area (TPSA) is 12.0 Å². The Kier molecular flexibility index (Phi) is 5.40. The van der Waals surface area contributed by atoms with Gasteiger partial charge in [-0.25, -0.2) is 4.39 Å². The van der Waals surface area contributed by atoms with E-state index in [4.69, 9.17) is 11.6 Å². The van der Waals surface area contributed by atoms with E-state index in [2.05, 4.69) is 39.9 Å². The van der Waals surface area contributed by atoms with Gasteiger partial charge in [-0.3, -0.25) is 0 Å². The van der Waals surface area contributed by atoms with E-state index in [9.17, 15) is 4.39 Å². The summed E-state index contributed by atoms with van der Waals surface area (Å²) < 4.78 is 13.1. The molecule has 0 aliphatic rings. The van der Waals surface area contributed by atoms with Gasteiger partial charge in [0, 0.05) is 5.54 Å². The zero-order valence-corrected chi connectivity index (χ0v) is 13.4. The van der Waals surface area contributed by atoms with Gasteiger partial charge >= 0.3 is 0 Å². The monoisotopic (exact) mass is 285 g/mol. The van der Waals surface area contributed by atoms with Crippen LogP contribution in [-0.4, -0.2) is 12.1 Å². The highest BCUT2D eigenvalue weighted by atomic mass is 35.5. The molecule has 0 amide bonds. The summed E-state index contributed by atoms with van der Waals surface area (Å²) in [6.45, 7) is 11.9. The molecule has 1 aromatic carbocycles. The standard InChI is InChI=1S/C16H25ClFN/c1-15(2,3)19-9-8-16(4,5)11-12-6-7-14(18)13(17)10-12/h6-7,10,19H,8-9,11H2,1-5H3. The fourth-order valence-electron chi connectivity index (χ4n) is 2.07. The Morgan fingerprint density at radius 2 is 1.79 bits per heavy atom. The van der Waals surface area contributed by atoms with Crippen LogP contribution in [0.25, 0.3) is 0 Å². The van der Waals surface area contributed by atoms with Gasteiger partial charge in [0.05, 0.1) is 5.02 Å². The minimum Gasteiger partial charge on any atom is -0.312 e. The maximum Gasteiger partial charge on any atom is 0.141 e. The van der Waals surface area contributed by atoms with Crippen LogP contribution in [0, 0.1) is 11.2 Å². The normalized spacial score (nSPS) is 12.8. The Morgan fingerprint density at radius 1 is 1.16 bits per heavy atom. The maximum atomic E-state index is 13.1. The van der Waals surface area contributed by atoms with Gasteiger partial charge in [0.15, 0.2) is 0 Å². The van der Waals surface area contributed by atoms with E-state index >= 15 is 0 Å². The van der Waals surface area contributed by atoms with E-state index in [0.717, 1.165) is 24.9 Å². The molecule has 1 N–H and O–H groups in total. The van der Waals surface area contributed by atoms with Crippen molar-refractivity contribution in [2.75, 3.05) is 6.54 Å². The molecule has 0 bridgehead atoms. The van der Waals surface area contributed by atoms with Gasteiger partial charge in [-0.15, -0.1) is 0 Å². The summed E-state index contributed by atoms with van der Waals surface area (Å²) in [7, 11) is 0. The van der Waals surface area contributed by atoms with Crippen molar-refractivity contribution in [3.8, 4) is 0 Å². The average Bonchev–Trinajstić information content (AvgIpc) is 2.20. The molecular weight excluding hydrogens is 261 g/mol. The minimum absolute atomic E-state index is 0.148. The van der Waals surface area contributed by atoms with Gasteiger partial charge < -0.3 is 5.32 Å². The second-order valence-corrected chi connectivity index (χ2v) is 7.42. The van der Waals surface area contributed by atoms with Crippen LogP contribution >= 0.6 is 11.6 Å². The molecule has 0 saturated heterocycles. The molecule has 0 atom stereocenters. The molecule has 3 heteroatoms. The molecule has 0 saturated carbocycles. The van der Waals surface area contributed by atoms with Crippen LogP contribution in [0.5, 0.6) is 0 Å². The second kappa shape index (κ2) is 6.23. The lowest BCUT2D eigenvalue weighted by molar-refractivity contribution is 0.302. The number of nitrogens with one attached hydrogen (secondary N) is 1. The molecule has 1 aromatic rings. The van der Waals surface area contributed by atoms with E-state index in [1.54, 1.807) is 6.07 Å². The number of hydrogen-bond acceptors (Lipinski definition) is 1. The summed E-state index contributed by atoms with van der Waals surface area (Å²) in [6.07, 6.45) is 1.97. The van der Waals surface area contributed by atoms with Crippen molar-refractivity contribution in [1.82, 2.24) is 5.32 Å². The average molecular weight is 286 g/mol. The Hall–Kier alpha value is -0.600. The SMILES string of the molecule is CC(C)(CCNC(C)(C)C)Cc1ccc(F)c(Cl)c1. The summed E-state index contributed by atoms with van der Waals surface area (Å²) in [5.74, 6) is -0.349. The molecule has 0 unspecified atom stereocenters. The van der Waals surface area contributed by atoms with Gasteiger partial charge in [-0.1, -0.05) is 31.5 Å². The van der Waals surface area contributed by atoms with Gasteiger partial charge in [-0.05, 0) is 63.3 Å². The Labute approximate surface area is 121 Å². The molecule has 0 aromatic heterocycles. The van der Waals surface area contributed by atoms with Crippen LogP contribution in [0.1, 0.15) is 46.6 Å². The Balaban J connectivity index is 2.56. The van der Waals surface area contributed by atoms with Gasteiger partial charge in [0.25, 0.3) is 0 Å². The van der Waals surface area contributed by atoms with Crippen molar-refractivity contribution < 1.29 is 4.39 Å². The van der Waals surface area contributed by atoms with E-state index in [-0.39, 0.29) is 21.8 Å². The van der Waals surface area contributed by atoms with Crippen LogP contribution in [0.4, 0.5) is 4.39 Å². The molecule has 0 fully saturated rings. The fourth-order valence-corrected chi connectivity index (χ4v) is 2.27. The van der Waals surface area contributed by atoms with E-state index in [0.29, 0.717) is 0 Å². The molecule has 1 nitrogen and oxygen atoms in total. The summed E-state index contributed by atoms with van der Waals surface area (Å²) in [5, 5.41) is 3.71. The lowest BCUT2D eigenvalue weighted by Crippen LogP contribution is -2.38. The first-order valence-electron chi connectivity index (χ1n) is 6.78. The van der Waals surface area contributed by atoms with Crippen molar-refractivity contribution in [3.05, 3.63) is 34.6 Å². The van der Waals surface area contributed by atoms with Crippen molar-refractivity contribution in [3.63, 3.8) is 0 Å². The Morgan fingerprint density at radius 3 is 2.32 bits per heavy atom. The van der Waals surface area contributed by atoms with Crippen molar-refractivity contribution >= 4 is 11.6 Å². The predicted molar refractivity (Wildman–Crippen MR) is 81.3 cm³/mol. The van der Waals surface area contributed by atoms with Crippen LogP contribution in [0.15, 0.2) is 18.2 Å². The van der Waals surface area contributed by atoms with Crippen molar-refractivity contribution in [1.29, 1.82) is 0 Å². The quantitative estimate of drug-likeness (QED) is 0.817. The number of halogens is 2. The molecular formula is C16H25ClFN. The second-order valence-electron chi connectivity index (χ2n) is 7.02. The minimum atomic E-state index is -0.349. The number of hydrogen-bond donors (Lipinski definition) is 1.